The Morgan fingerprint density at radius 2 is 2.18 bits per heavy atom. The Labute approximate surface area is 105 Å². The number of thiophene rings is 1. The average Bonchev–Trinajstić information content (AvgIpc) is 2.78. The summed E-state index contributed by atoms with van der Waals surface area (Å²) in [5, 5.41) is 8.47. The molecule has 0 aliphatic rings. The smallest absolute Gasteiger partial charge is 0.250 e. The monoisotopic (exact) mass is 279 g/mol. The van der Waals surface area contributed by atoms with Gasteiger partial charge in [0, 0.05) is 11.4 Å². The van der Waals surface area contributed by atoms with E-state index in [2.05, 4.69) is 4.72 Å². The third-order valence-corrected chi connectivity index (χ3v) is 5.21. The van der Waals surface area contributed by atoms with E-state index in [4.69, 9.17) is 9.84 Å². The predicted molar refractivity (Wildman–Crippen MR) is 66.8 cm³/mol. The number of sulfonamides is 1. The number of nitrogens with one attached hydrogen (secondary N) is 1. The van der Waals surface area contributed by atoms with Crippen molar-refractivity contribution in [2.45, 2.75) is 17.6 Å². The van der Waals surface area contributed by atoms with Crippen LogP contribution in [0.1, 0.15) is 11.8 Å². The molecule has 2 N–H and O–H groups in total. The zero-order valence-electron chi connectivity index (χ0n) is 9.68. The molecule has 17 heavy (non-hydrogen) atoms. The molecule has 0 aliphatic heterocycles. The van der Waals surface area contributed by atoms with Crippen LogP contribution in [-0.2, 0) is 21.2 Å². The molecule has 1 rings (SSSR count). The average molecular weight is 279 g/mol. The molecule has 0 saturated carbocycles. The quantitative estimate of drug-likeness (QED) is 0.683. The molecule has 1 heterocycles. The van der Waals surface area contributed by atoms with Crippen molar-refractivity contribution >= 4 is 21.4 Å². The summed E-state index contributed by atoms with van der Waals surface area (Å²) < 4.78 is 31.3. The van der Waals surface area contributed by atoms with E-state index in [1.165, 1.54) is 11.3 Å². The molecule has 7 heteroatoms. The number of aliphatic hydroxyl groups is 1. The summed E-state index contributed by atoms with van der Waals surface area (Å²) >= 11 is 1.28. The number of hydrogen-bond acceptors (Lipinski definition) is 5. The Balaban J connectivity index is 2.45. The SMILES string of the molecule is CCc1ccc(S(=O)(=O)NCCOCCO)s1. The van der Waals surface area contributed by atoms with Gasteiger partial charge in [-0.2, -0.15) is 0 Å². The first-order valence-electron chi connectivity index (χ1n) is 5.37. The summed E-state index contributed by atoms with van der Waals surface area (Å²) in [7, 11) is -3.41. The lowest BCUT2D eigenvalue weighted by atomic mass is 10.4. The molecule has 0 saturated heterocycles. The van der Waals surface area contributed by atoms with Gasteiger partial charge in [-0.05, 0) is 18.6 Å². The van der Waals surface area contributed by atoms with Crippen LogP contribution in [0.2, 0.25) is 0 Å². The van der Waals surface area contributed by atoms with E-state index in [0.717, 1.165) is 11.3 Å². The lowest BCUT2D eigenvalue weighted by molar-refractivity contribution is 0.0961. The van der Waals surface area contributed by atoms with Crippen molar-refractivity contribution in [2.24, 2.45) is 0 Å². The van der Waals surface area contributed by atoms with Gasteiger partial charge < -0.3 is 9.84 Å². The fraction of sp³-hybridized carbons (Fsp3) is 0.600. The van der Waals surface area contributed by atoms with Crippen LogP contribution in [0.5, 0.6) is 0 Å². The minimum Gasteiger partial charge on any atom is -0.394 e. The van der Waals surface area contributed by atoms with Crippen molar-refractivity contribution < 1.29 is 18.3 Å². The number of hydrogen-bond donors (Lipinski definition) is 2. The van der Waals surface area contributed by atoms with Gasteiger partial charge >= 0.3 is 0 Å². The molecule has 0 radical (unpaired) electrons. The summed E-state index contributed by atoms with van der Waals surface area (Å²) in [6.07, 6.45) is 0.833. The highest BCUT2D eigenvalue weighted by Gasteiger charge is 2.15. The first-order valence-corrected chi connectivity index (χ1v) is 7.67. The molecule has 0 bridgehead atoms. The molecule has 1 aromatic heterocycles. The minimum atomic E-state index is -3.41. The van der Waals surface area contributed by atoms with E-state index in [9.17, 15) is 8.42 Å². The Morgan fingerprint density at radius 3 is 2.76 bits per heavy atom. The highest BCUT2D eigenvalue weighted by Crippen LogP contribution is 2.21. The summed E-state index contributed by atoms with van der Waals surface area (Å²) in [4.78, 5) is 1.04. The molecule has 1 aromatic rings. The van der Waals surface area contributed by atoms with Gasteiger partial charge in [0.1, 0.15) is 4.21 Å². The maximum absolute atomic E-state index is 11.8. The van der Waals surface area contributed by atoms with Crippen molar-refractivity contribution in [1.29, 1.82) is 0 Å². The number of ether oxygens (including phenoxy) is 1. The van der Waals surface area contributed by atoms with Gasteiger partial charge in [-0.3, -0.25) is 0 Å². The lowest BCUT2D eigenvalue weighted by Crippen LogP contribution is -2.27. The van der Waals surface area contributed by atoms with Crippen LogP contribution in [0, 0.1) is 0 Å². The number of rotatable bonds is 8. The summed E-state index contributed by atoms with van der Waals surface area (Å²) in [6, 6.07) is 3.43. The van der Waals surface area contributed by atoms with Crippen molar-refractivity contribution in [3.05, 3.63) is 17.0 Å². The lowest BCUT2D eigenvalue weighted by Gasteiger charge is -2.04. The normalized spacial score (nSPS) is 11.9. The fourth-order valence-corrected chi connectivity index (χ4v) is 3.53. The number of aryl methyl sites for hydroxylation is 1. The van der Waals surface area contributed by atoms with Crippen molar-refractivity contribution in [3.63, 3.8) is 0 Å². The third-order valence-electron chi connectivity index (χ3n) is 2.02. The summed E-state index contributed by atoms with van der Waals surface area (Å²) in [5.74, 6) is 0. The van der Waals surface area contributed by atoms with Crippen LogP contribution in [0.25, 0.3) is 0 Å². The number of aliphatic hydroxyl groups excluding tert-OH is 1. The van der Waals surface area contributed by atoms with Crippen LogP contribution in [-0.4, -0.2) is 39.9 Å². The van der Waals surface area contributed by atoms with Gasteiger partial charge in [-0.25, -0.2) is 13.1 Å². The zero-order valence-corrected chi connectivity index (χ0v) is 11.3. The van der Waals surface area contributed by atoms with Crippen molar-refractivity contribution in [1.82, 2.24) is 4.72 Å². The standard InChI is InChI=1S/C10H17NO4S2/c1-2-9-3-4-10(16-9)17(13,14)11-5-7-15-8-6-12/h3-4,11-12H,2,5-8H2,1H3. The van der Waals surface area contributed by atoms with Crippen molar-refractivity contribution in [2.75, 3.05) is 26.4 Å². The second kappa shape index (κ2) is 7.07. The highest BCUT2D eigenvalue weighted by atomic mass is 32.2. The molecule has 0 aliphatic carbocycles. The molecule has 0 spiro atoms. The second-order valence-corrected chi connectivity index (χ2v) is 6.47. The van der Waals surface area contributed by atoms with Crippen molar-refractivity contribution in [3.8, 4) is 0 Å². The molecule has 0 atom stereocenters. The molecule has 0 amide bonds. The summed E-state index contributed by atoms with van der Waals surface area (Å²) in [5.41, 5.74) is 0. The first-order chi connectivity index (χ1) is 8.10. The molecular weight excluding hydrogens is 262 g/mol. The van der Waals surface area contributed by atoms with E-state index in [0.29, 0.717) is 4.21 Å². The molecule has 0 unspecified atom stereocenters. The molecular formula is C10H17NO4S2. The minimum absolute atomic E-state index is 0.0580. The zero-order chi connectivity index (χ0) is 12.7. The predicted octanol–water partition coefficient (Wildman–Crippen LogP) is 0.598. The Morgan fingerprint density at radius 1 is 1.41 bits per heavy atom. The topological polar surface area (TPSA) is 75.6 Å². The summed E-state index contributed by atoms with van der Waals surface area (Å²) in [6.45, 7) is 2.62. The molecule has 0 fully saturated rings. The fourth-order valence-electron chi connectivity index (χ4n) is 1.18. The largest absolute Gasteiger partial charge is 0.394 e. The van der Waals surface area contributed by atoms with Crippen LogP contribution in [0.4, 0.5) is 0 Å². The van der Waals surface area contributed by atoms with Gasteiger partial charge in [0.25, 0.3) is 0 Å². The van der Waals surface area contributed by atoms with Gasteiger partial charge in [0.15, 0.2) is 0 Å². The Bertz CT molecular complexity index is 427. The van der Waals surface area contributed by atoms with Gasteiger partial charge in [-0.1, -0.05) is 6.92 Å². The first kappa shape index (κ1) is 14.6. The second-order valence-electron chi connectivity index (χ2n) is 3.31. The third kappa shape index (κ3) is 4.72. The molecule has 98 valence electrons. The van der Waals surface area contributed by atoms with Crippen LogP contribution < -0.4 is 4.72 Å². The van der Waals surface area contributed by atoms with E-state index in [1.807, 2.05) is 13.0 Å². The Hall–Kier alpha value is -0.470. The Kier molecular flexibility index (Phi) is 6.07. The maximum Gasteiger partial charge on any atom is 0.250 e. The van der Waals surface area contributed by atoms with E-state index < -0.39 is 10.0 Å². The van der Waals surface area contributed by atoms with Crippen LogP contribution >= 0.6 is 11.3 Å². The van der Waals surface area contributed by atoms with Gasteiger partial charge in [0.2, 0.25) is 10.0 Å². The van der Waals surface area contributed by atoms with Crippen LogP contribution in [0.3, 0.4) is 0 Å². The maximum atomic E-state index is 11.8. The van der Waals surface area contributed by atoms with Gasteiger partial charge in [0.05, 0.1) is 19.8 Å². The highest BCUT2D eigenvalue weighted by molar-refractivity contribution is 7.91. The van der Waals surface area contributed by atoms with E-state index >= 15 is 0 Å². The molecule has 5 nitrogen and oxygen atoms in total. The van der Waals surface area contributed by atoms with Crippen LogP contribution in [0.15, 0.2) is 16.3 Å². The van der Waals surface area contributed by atoms with E-state index in [1.54, 1.807) is 6.07 Å². The van der Waals surface area contributed by atoms with Gasteiger partial charge in [-0.15, -0.1) is 11.3 Å². The van der Waals surface area contributed by atoms with E-state index in [-0.39, 0.29) is 26.4 Å². The molecule has 0 aromatic carbocycles.